The predicted octanol–water partition coefficient (Wildman–Crippen LogP) is -0.229. The lowest BCUT2D eigenvalue weighted by molar-refractivity contribution is -0.150. The van der Waals surface area contributed by atoms with E-state index in [0.29, 0.717) is 19.3 Å². The van der Waals surface area contributed by atoms with E-state index in [1.165, 1.54) is 4.90 Å². The van der Waals surface area contributed by atoms with Gasteiger partial charge in [0.05, 0.1) is 0 Å². The molecule has 0 spiro atoms. The van der Waals surface area contributed by atoms with Gasteiger partial charge in [-0.25, -0.2) is 4.79 Å². The molecular weight excluding hydrogens is 327 g/mol. The second-order valence-electron chi connectivity index (χ2n) is 5.78. The van der Waals surface area contributed by atoms with Crippen molar-refractivity contribution in [1.29, 1.82) is 0 Å². The number of nitrogens with one attached hydrogen (secondary N) is 1. The third-order valence-corrected chi connectivity index (χ3v) is 4.67. The van der Waals surface area contributed by atoms with Crippen LogP contribution in [0.4, 0.5) is 0 Å². The van der Waals surface area contributed by atoms with Gasteiger partial charge in [-0.3, -0.25) is 14.2 Å². The van der Waals surface area contributed by atoms with Crippen molar-refractivity contribution in [3.05, 3.63) is 0 Å². The Morgan fingerprint density at radius 3 is 2.43 bits per heavy atom. The number of amides is 2. The molecule has 2 amide bonds. The molecule has 3 atom stereocenters. The molecule has 0 aromatic heterocycles. The molecule has 1 rings (SSSR count). The van der Waals surface area contributed by atoms with Crippen LogP contribution in [0.5, 0.6) is 0 Å². The predicted molar refractivity (Wildman–Crippen MR) is 80.7 cm³/mol. The van der Waals surface area contributed by atoms with E-state index in [1.54, 1.807) is 13.8 Å². The number of nitrogens with zero attached hydrogens (tertiary/aromatic N) is 1. The minimum Gasteiger partial charge on any atom is -0.480 e. The highest BCUT2D eigenvalue weighted by Crippen LogP contribution is 2.33. The zero-order chi connectivity index (χ0) is 17.8. The number of likely N-dealkylation sites (tertiary alicyclic amines) is 1. The number of hydrogen-bond donors (Lipinski definition) is 4. The molecule has 0 aromatic rings. The van der Waals surface area contributed by atoms with E-state index in [-0.39, 0.29) is 12.5 Å². The topological polar surface area (TPSA) is 144 Å². The first-order chi connectivity index (χ1) is 10.6. The average Bonchev–Trinajstić information content (AvgIpc) is 2.90. The molecule has 1 heterocycles. The van der Waals surface area contributed by atoms with Crippen LogP contribution in [-0.2, 0) is 18.9 Å². The average molecular weight is 350 g/mol. The number of hydrogen-bond acceptors (Lipinski definition) is 4. The molecule has 10 heteroatoms. The first kappa shape index (κ1) is 19.6. The van der Waals surface area contributed by atoms with Gasteiger partial charge >= 0.3 is 13.6 Å². The molecule has 4 N–H and O–H groups in total. The lowest BCUT2D eigenvalue weighted by Gasteiger charge is -2.30. The zero-order valence-corrected chi connectivity index (χ0v) is 14.0. The largest absolute Gasteiger partial charge is 0.480 e. The number of carboxylic acids is 1. The Hall–Kier alpha value is -1.44. The van der Waals surface area contributed by atoms with E-state index in [2.05, 4.69) is 5.32 Å². The zero-order valence-electron chi connectivity index (χ0n) is 13.1. The van der Waals surface area contributed by atoms with Gasteiger partial charge in [-0.2, -0.15) is 0 Å². The highest BCUT2D eigenvalue weighted by atomic mass is 31.2. The monoisotopic (exact) mass is 350 g/mol. The van der Waals surface area contributed by atoms with Crippen molar-refractivity contribution in [2.45, 2.75) is 45.2 Å². The van der Waals surface area contributed by atoms with Gasteiger partial charge in [-0.05, 0) is 18.8 Å². The van der Waals surface area contributed by atoms with Gasteiger partial charge in [0.25, 0.3) is 0 Å². The maximum Gasteiger partial charge on any atom is 0.334 e. The number of aliphatic carboxylic acids is 1. The van der Waals surface area contributed by atoms with E-state index >= 15 is 0 Å². The molecule has 1 saturated heterocycles. The third-order valence-electron chi connectivity index (χ3n) is 3.97. The molecule has 1 aliphatic rings. The second kappa shape index (κ2) is 7.90. The third kappa shape index (κ3) is 5.60. The van der Waals surface area contributed by atoms with Crippen LogP contribution in [0.15, 0.2) is 0 Å². The molecule has 1 aliphatic heterocycles. The molecule has 0 radical (unpaired) electrons. The molecular formula is C13H23N2O7P. The number of carbonyl (C=O) groups is 3. The molecule has 0 aliphatic carbocycles. The van der Waals surface area contributed by atoms with Gasteiger partial charge in [0.2, 0.25) is 11.8 Å². The van der Waals surface area contributed by atoms with E-state index in [4.69, 9.17) is 14.9 Å². The van der Waals surface area contributed by atoms with Crippen LogP contribution >= 0.6 is 7.60 Å². The minimum atomic E-state index is -4.53. The molecule has 0 saturated carbocycles. The quantitative estimate of drug-likeness (QED) is 0.464. The maximum atomic E-state index is 12.6. The van der Waals surface area contributed by atoms with Crippen molar-refractivity contribution in [3.8, 4) is 0 Å². The highest BCUT2D eigenvalue weighted by molar-refractivity contribution is 7.52. The molecule has 0 unspecified atom stereocenters. The second-order valence-corrected chi connectivity index (χ2v) is 7.43. The van der Waals surface area contributed by atoms with Crippen LogP contribution < -0.4 is 5.32 Å². The summed E-state index contributed by atoms with van der Waals surface area (Å²) in [5.41, 5.74) is 0. The smallest absolute Gasteiger partial charge is 0.334 e. The van der Waals surface area contributed by atoms with E-state index in [9.17, 15) is 18.9 Å². The number of rotatable bonds is 7. The lowest BCUT2D eigenvalue weighted by Crippen LogP contribution is -2.54. The number of carbonyl (C=O) groups excluding carboxylic acids is 2. The summed E-state index contributed by atoms with van der Waals surface area (Å²) in [6.45, 7) is 3.81. The summed E-state index contributed by atoms with van der Waals surface area (Å²) >= 11 is 0. The summed E-state index contributed by atoms with van der Waals surface area (Å²) < 4.78 is 10.9. The summed E-state index contributed by atoms with van der Waals surface area (Å²) in [5.74, 6) is -2.84. The summed E-state index contributed by atoms with van der Waals surface area (Å²) in [7, 11) is -4.53. The Morgan fingerprint density at radius 2 is 1.96 bits per heavy atom. The summed E-state index contributed by atoms with van der Waals surface area (Å²) in [4.78, 5) is 54.5. The fourth-order valence-electron chi connectivity index (χ4n) is 2.56. The van der Waals surface area contributed by atoms with Crippen molar-refractivity contribution in [2.24, 2.45) is 5.92 Å². The van der Waals surface area contributed by atoms with Crippen molar-refractivity contribution in [3.63, 3.8) is 0 Å². The Balaban J connectivity index is 2.89. The van der Waals surface area contributed by atoms with Crippen molar-refractivity contribution >= 4 is 25.4 Å². The Morgan fingerprint density at radius 1 is 1.35 bits per heavy atom. The normalized spacial score (nSPS) is 20.9. The first-order valence-electron chi connectivity index (χ1n) is 7.44. The number of carboxylic acid groups (broad SMARTS) is 1. The van der Waals surface area contributed by atoms with Crippen LogP contribution in [0.1, 0.15) is 33.1 Å². The van der Waals surface area contributed by atoms with Gasteiger partial charge in [0.1, 0.15) is 18.2 Å². The van der Waals surface area contributed by atoms with Gasteiger partial charge in [0.15, 0.2) is 0 Å². The molecule has 0 bridgehead atoms. The maximum absolute atomic E-state index is 12.6. The fourth-order valence-corrected chi connectivity index (χ4v) is 3.02. The Labute approximate surface area is 134 Å². The van der Waals surface area contributed by atoms with Crippen molar-refractivity contribution in [2.75, 3.05) is 12.7 Å². The molecule has 132 valence electrons. The summed E-state index contributed by atoms with van der Waals surface area (Å²) in [6.07, 6.45) is 0.449. The van der Waals surface area contributed by atoms with Crippen molar-refractivity contribution < 1.29 is 33.8 Å². The van der Waals surface area contributed by atoms with Crippen LogP contribution in [0.2, 0.25) is 0 Å². The van der Waals surface area contributed by atoms with E-state index < -0.39 is 43.6 Å². The Bertz CT molecular complexity index is 518. The van der Waals surface area contributed by atoms with Gasteiger partial charge < -0.3 is 25.1 Å². The molecule has 23 heavy (non-hydrogen) atoms. The van der Waals surface area contributed by atoms with Gasteiger partial charge in [-0.15, -0.1) is 0 Å². The SMILES string of the molecule is CC[C@H](C)[C@H](NC(=O)CP(=O)(O)O)C(=O)N1CCC[C@H]1C(=O)O. The minimum absolute atomic E-state index is 0.289. The van der Waals surface area contributed by atoms with E-state index in [1.807, 2.05) is 0 Å². The molecule has 1 fully saturated rings. The first-order valence-corrected chi connectivity index (χ1v) is 9.23. The lowest BCUT2D eigenvalue weighted by atomic mass is 9.97. The Kier molecular flexibility index (Phi) is 6.73. The summed E-state index contributed by atoms with van der Waals surface area (Å²) in [6, 6.07) is -1.92. The van der Waals surface area contributed by atoms with Crippen LogP contribution in [-0.4, -0.2) is 62.4 Å². The molecule has 9 nitrogen and oxygen atoms in total. The summed E-state index contributed by atoms with van der Waals surface area (Å²) in [5, 5.41) is 11.5. The van der Waals surface area contributed by atoms with Gasteiger partial charge in [0, 0.05) is 6.54 Å². The van der Waals surface area contributed by atoms with Gasteiger partial charge in [-0.1, -0.05) is 20.3 Å². The van der Waals surface area contributed by atoms with Crippen LogP contribution in [0.25, 0.3) is 0 Å². The highest BCUT2D eigenvalue weighted by Gasteiger charge is 2.39. The standard InChI is InChI=1S/C13H23N2O7P/c1-3-8(2)11(14-10(16)7-23(20,21)22)12(17)15-6-4-5-9(15)13(18)19/h8-9,11H,3-7H2,1-2H3,(H,14,16)(H,18,19)(H2,20,21,22)/t8-,9-,11-/m0/s1. The fraction of sp³-hybridized carbons (Fsp3) is 0.769. The van der Waals surface area contributed by atoms with Crippen LogP contribution in [0, 0.1) is 5.92 Å². The van der Waals surface area contributed by atoms with Crippen LogP contribution in [0.3, 0.4) is 0 Å². The van der Waals surface area contributed by atoms with E-state index in [0.717, 1.165) is 0 Å². The van der Waals surface area contributed by atoms with Crippen molar-refractivity contribution in [1.82, 2.24) is 10.2 Å². The molecule has 0 aromatic carbocycles.